The predicted octanol–water partition coefficient (Wildman–Crippen LogP) is 11.2. The summed E-state index contributed by atoms with van der Waals surface area (Å²) in [5.41, 5.74) is 9.66. The Hall–Kier alpha value is -4.60. The molecule has 1 heterocycles. The molecule has 1 aromatic heterocycles. The van der Waals surface area contributed by atoms with Crippen LogP contribution in [0.2, 0.25) is 0 Å². The predicted molar refractivity (Wildman–Crippen MR) is 167 cm³/mol. The van der Waals surface area contributed by atoms with Crippen molar-refractivity contribution in [3.63, 3.8) is 0 Å². The van der Waals surface area contributed by atoms with Gasteiger partial charge in [0.15, 0.2) is 5.58 Å². The minimum atomic E-state index is 0.878. The zero-order valence-corrected chi connectivity index (χ0v) is 22.7. The van der Waals surface area contributed by atoms with Crippen molar-refractivity contribution in [1.82, 2.24) is 0 Å². The standard InChI is InChI=1S/C36H24BrNO/c37-29-19-13-26(14-20-29)28-17-23-31(24-18-28)38(30-21-15-27(16-22-30)25-7-2-1-3-8-25)34-11-6-10-33-32-9-4-5-12-35(32)39-36(33)34/h1-24H. The van der Waals surface area contributed by atoms with Crippen LogP contribution in [0.25, 0.3) is 44.2 Å². The molecule has 0 aliphatic heterocycles. The molecule has 7 rings (SSSR count). The number of nitrogens with zero attached hydrogens (tertiary/aromatic N) is 1. The Morgan fingerprint density at radius 3 is 1.59 bits per heavy atom. The third-order valence-corrected chi connectivity index (χ3v) is 7.69. The van der Waals surface area contributed by atoms with E-state index in [1.807, 2.05) is 18.2 Å². The molecule has 0 aliphatic carbocycles. The maximum absolute atomic E-state index is 6.46. The molecule has 0 amide bonds. The molecule has 0 saturated carbocycles. The van der Waals surface area contributed by atoms with Crippen LogP contribution in [0, 0.1) is 0 Å². The minimum absolute atomic E-state index is 0.878. The lowest BCUT2D eigenvalue weighted by atomic mass is 10.0. The third-order valence-electron chi connectivity index (χ3n) is 7.16. The largest absolute Gasteiger partial charge is 0.454 e. The van der Waals surface area contributed by atoms with Crippen LogP contribution in [0.3, 0.4) is 0 Å². The van der Waals surface area contributed by atoms with Gasteiger partial charge in [-0.3, -0.25) is 0 Å². The second kappa shape index (κ2) is 9.94. The molecule has 0 spiro atoms. The van der Waals surface area contributed by atoms with E-state index in [1.165, 1.54) is 22.3 Å². The van der Waals surface area contributed by atoms with Gasteiger partial charge in [0.05, 0.1) is 5.69 Å². The van der Waals surface area contributed by atoms with Gasteiger partial charge >= 0.3 is 0 Å². The third kappa shape index (κ3) is 4.41. The quantitative estimate of drug-likeness (QED) is 0.206. The number of para-hydroxylation sites is 2. The average Bonchev–Trinajstić information content (AvgIpc) is 3.39. The van der Waals surface area contributed by atoms with Crippen LogP contribution in [0.1, 0.15) is 0 Å². The van der Waals surface area contributed by atoms with E-state index < -0.39 is 0 Å². The van der Waals surface area contributed by atoms with Crippen molar-refractivity contribution in [2.45, 2.75) is 0 Å². The van der Waals surface area contributed by atoms with Gasteiger partial charge in [-0.05, 0) is 70.8 Å². The second-order valence-electron chi connectivity index (χ2n) is 9.55. The Balaban J connectivity index is 1.37. The van der Waals surface area contributed by atoms with Crippen LogP contribution in [0.4, 0.5) is 17.1 Å². The number of anilines is 3. The van der Waals surface area contributed by atoms with Gasteiger partial charge in [0.25, 0.3) is 0 Å². The minimum Gasteiger partial charge on any atom is -0.454 e. The molecule has 0 fully saturated rings. The van der Waals surface area contributed by atoms with Gasteiger partial charge in [0.2, 0.25) is 0 Å². The topological polar surface area (TPSA) is 16.4 Å². The summed E-state index contributed by atoms with van der Waals surface area (Å²) in [6, 6.07) is 51.0. The molecule has 0 atom stereocenters. The highest BCUT2D eigenvalue weighted by Gasteiger charge is 2.19. The van der Waals surface area contributed by atoms with Gasteiger partial charge in [0, 0.05) is 26.6 Å². The van der Waals surface area contributed by atoms with Crippen molar-refractivity contribution < 1.29 is 4.42 Å². The summed E-state index contributed by atoms with van der Waals surface area (Å²) in [5.74, 6) is 0. The van der Waals surface area contributed by atoms with E-state index in [4.69, 9.17) is 4.42 Å². The monoisotopic (exact) mass is 565 g/mol. The molecular formula is C36H24BrNO. The Morgan fingerprint density at radius 2 is 0.949 bits per heavy atom. The molecule has 39 heavy (non-hydrogen) atoms. The Bertz CT molecular complexity index is 1890. The molecule has 2 nitrogen and oxygen atoms in total. The summed E-state index contributed by atoms with van der Waals surface area (Å²) in [7, 11) is 0. The molecule has 0 aliphatic rings. The fraction of sp³-hybridized carbons (Fsp3) is 0. The average molecular weight is 566 g/mol. The number of hydrogen-bond acceptors (Lipinski definition) is 2. The summed E-state index contributed by atoms with van der Waals surface area (Å²) >= 11 is 3.54. The smallest absolute Gasteiger partial charge is 0.159 e. The van der Waals surface area contributed by atoms with E-state index in [0.29, 0.717) is 0 Å². The normalized spacial score (nSPS) is 11.2. The molecule has 0 saturated heterocycles. The van der Waals surface area contributed by atoms with Crippen LogP contribution in [0.5, 0.6) is 0 Å². The Kier molecular flexibility index (Phi) is 5.99. The van der Waals surface area contributed by atoms with E-state index in [2.05, 4.69) is 148 Å². The lowest BCUT2D eigenvalue weighted by Gasteiger charge is -2.26. The Labute approximate surface area is 235 Å². The summed E-state index contributed by atoms with van der Waals surface area (Å²) < 4.78 is 7.53. The van der Waals surface area contributed by atoms with Crippen molar-refractivity contribution in [2.24, 2.45) is 0 Å². The summed E-state index contributed by atoms with van der Waals surface area (Å²) in [6.07, 6.45) is 0. The van der Waals surface area contributed by atoms with Crippen molar-refractivity contribution in [2.75, 3.05) is 4.90 Å². The van der Waals surface area contributed by atoms with Crippen LogP contribution < -0.4 is 4.90 Å². The number of hydrogen-bond donors (Lipinski definition) is 0. The first-order chi connectivity index (χ1) is 19.2. The molecule has 0 radical (unpaired) electrons. The first-order valence-electron chi connectivity index (χ1n) is 13.0. The highest BCUT2D eigenvalue weighted by molar-refractivity contribution is 9.10. The van der Waals surface area contributed by atoms with Crippen molar-refractivity contribution in [3.8, 4) is 22.3 Å². The van der Waals surface area contributed by atoms with Crippen molar-refractivity contribution in [3.05, 3.63) is 150 Å². The first kappa shape index (κ1) is 23.5. The Morgan fingerprint density at radius 1 is 0.436 bits per heavy atom. The fourth-order valence-corrected chi connectivity index (χ4v) is 5.48. The van der Waals surface area contributed by atoms with Crippen LogP contribution in [-0.4, -0.2) is 0 Å². The van der Waals surface area contributed by atoms with Crippen LogP contribution in [-0.2, 0) is 0 Å². The number of rotatable bonds is 5. The molecule has 7 aromatic rings. The lowest BCUT2D eigenvalue weighted by molar-refractivity contribution is 0.669. The van der Waals surface area contributed by atoms with Gasteiger partial charge in [0.1, 0.15) is 5.58 Å². The lowest BCUT2D eigenvalue weighted by Crippen LogP contribution is -2.10. The maximum atomic E-state index is 6.46. The van der Waals surface area contributed by atoms with Gasteiger partial charge < -0.3 is 9.32 Å². The van der Waals surface area contributed by atoms with E-state index in [9.17, 15) is 0 Å². The molecule has 0 bridgehead atoms. The fourth-order valence-electron chi connectivity index (χ4n) is 5.21. The number of furan rings is 1. The van der Waals surface area contributed by atoms with Crippen LogP contribution in [0.15, 0.2) is 154 Å². The van der Waals surface area contributed by atoms with Crippen molar-refractivity contribution in [1.29, 1.82) is 0 Å². The van der Waals surface area contributed by atoms with E-state index in [1.54, 1.807) is 0 Å². The summed E-state index contributed by atoms with van der Waals surface area (Å²) in [5, 5.41) is 2.24. The number of benzene rings is 6. The summed E-state index contributed by atoms with van der Waals surface area (Å²) in [6.45, 7) is 0. The number of halogens is 1. The summed E-state index contributed by atoms with van der Waals surface area (Å²) in [4.78, 5) is 2.28. The molecular weight excluding hydrogens is 542 g/mol. The molecule has 0 unspecified atom stereocenters. The zero-order chi connectivity index (χ0) is 26.2. The molecule has 6 aromatic carbocycles. The number of fused-ring (bicyclic) bond motifs is 3. The van der Waals surface area contributed by atoms with E-state index in [0.717, 1.165) is 43.5 Å². The van der Waals surface area contributed by atoms with Gasteiger partial charge in [-0.1, -0.05) is 113 Å². The van der Waals surface area contributed by atoms with Gasteiger partial charge in [-0.15, -0.1) is 0 Å². The maximum Gasteiger partial charge on any atom is 0.159 e. The van der Waals surface area contributed by atoms with E-state index in [-0.39, 0.29) is 0 Å². The van der Waals surface area contributed by atoms with Gasteiger partial charge in [-0.2, -0.15) is 0 Å². The molecule has 186 valence electrons. The van der Waals surface area contributed by atoms with E-state index >= 15 is 0 Å². The van der Waals surface area contributed by atoms with Gasteiger partial charge in [-0.25, -0.2) is 0 Å². The highest BCUT2D eigenvalue weighted by Crippen LogP contribution is 2.42. The van der Waals surface area contributed by atoms with Crippen molar-refractivity contribution >= 4 is 54.9 Å². The SMILES string of the molecule is Brc1ccc(-c2ccc(N(c3ccc(-c4ccccc4)cc3)c3cccc4c3oc3ccccc34)cc2)cc1. The highest BCUT2D eigenvalue weighted by atomic mass is 79.9. The second-order valence-corrected chi connectivity index (χ2v) is 10.5. The zero-order valence-electron chi connectivity index (χ0n) is 21.1. The molecule has 0 N–H and O–H groups in total. The van der Waals surface area contributed by atoms with Crippen LogP contribution >= 0.6 is 15.9 Å². The molecule has 3 heteroatoms. The first-order valence-corrected chi connectivity index (χ1v) is 13.8.